The average molecular weight is 215 g/mol. The summed E-state index contributed by atoms with van der Waals surface area (Å²) in [6.07, 6.45) is 2.44. The molecule has 0 amide bonds. The van der Waals surface area contributed by atoms with Gasteiger partial charge in [0.25, 0.3) is 0 Å². The van der Waals surface area contributed by atoms with Gasteiger partial charge in [0.15, 0.2) is 0 Å². The molecule has 0 aromatic carbocycles. The minimum atomic E-state index is -1.00. The van der Waals surface area contributed by atoms with E-state index in [4.69, 9.17) is 22.4 Å². The Kier molecular flexibility index (Phi) is 3.85. The third-order valence-corrected chi connectivity index (χ3v) is 2.19. The van der Waals surface area contributed by atoms with Crippen LogP contribution in [0.2, 0.25) is 5.02 Å². The molecule has 1 aromatic rings. The number of rotatable bonds is 4. The van der Waals surface area contributed by atoms with Crippen LogP contribution in [0.5, 0.6) is 0 Å². The largest absolute Gasteiger partial charge is 0.480 e. The van der Waals surface area contributed by atoms with E-state index in [1.807, 2.05) is 0 Å². The zero-order chi connectivity index (χ0) is 10.6. The monoisotopic (exact) mass is 214 g/mol. The van der Waals surface area contributed by atoms with Crippen LogP contribution in [-0.2, 0) is 11.2 Å². The Hall–Kier alpha value is -1.13. The SMILES string of the molecule is NC(CCc1ncccc1Cl)C(=O)O. The molecule has 14 heavy (non-hydrogen) atoms. The molecule has 5 heteroatoms. The molecule has 1 unspecified atom stereocenters. The summed E-state index contributed by atoms with van der Waals surface area (Å²) in [7, 11) is 0. The average Bonchev–Trinajstić information content (AvgIpc) is 2.16. The first-order chi connectivity index (χ1) is 6.61. The second-order valence-electron chi connectivity index (χ2n) is 2.92. The Morgan fingerprint density at radius 1 is 1.71 bits per heavy atom. The number of hydrogen-bond acceptors (Lipinski definition) is 3. The number of nitrogens with two attached hydrogens (primary N) is 1. The summed E-state index contributed by atoms with van der Waals surface area (Å²) in [6.45, 7) is 0. The number of carboxylic acid groups (broad SMARTS) is 1. The fraction of sp³-hybridized carbons (Fsp3) is 0.333. The maximum Gasteiger partial charge on any atom is 0.320 e. The molecule has 1 rings (SSSR count). The molecule has 0 aliphatic carbocycles. The minimum Gasteiger partial charge on any atom is -0.480 e. The number of aryl methyl sites for hydroxylation is 1. The first-order valence-electron chi connectivity index (χ1n) is 4.19. The molecule has 0 spiro atoms. The van der Waals surface area contributed by atoms with Crippen LogP contribution in [0, 0.1) is 0 Å². The molecular formula is C9H11ClN2O2. The number of pyridine rings is 1. The summed E-state index contributed by atoms with van der Waals surface area (Å²) < 4.78 is 0. The van der Waals surface area contributed by atoms with Gasteiger partial charge in [-0.2, -0.15) is 0 Å². The van der Waals surface area contributed by atoms with E-state index in [-0.39, 0.29) is 0 Å². The quantitative estimate of drug-likeness (QED) is 0.787. The number of carbonyl (C=O) groups is 1. The standard InChI is InChI=1S/C9H11ClN2O2/c10-6-2-1-5-12-8(6)4-3-7(11)9(13)14/h1-2,5,7H,3-4,11H2,(H,13,14). The van der Waals surface area contributed by atoms with Gasteiger partial charge in [-0.3, -0.25) is 9.78 Å². The van der Waals surface area contributed by atoms with Crippen LogP contribution >= 0.6 is 11.6 Å². The minimum absolute atomic E-state index is 0.339. The Morgan fingerprint density at radius 3 is 3.00 bits per heavy atom. The first-order valence-corrected chi connectivity index (χ1v) is 4.57. The highest BCUT2D eigenvalue weighted by atomic mass is 35.5. The maximum absolute atomic E-state index is 10.4. The van der Waals surface area contributed by atoms with E-state index in [1.54, 1.807) is 18.3 Å². The van der Waals surface area contributed by atoms with E-state index in [2.05, 4.69) is 4.98 Å². The Balaban J connectivity index is 2.54. The summed E-state index contributed by atoms with van der Waals surface area (Å²) in [4.78, 5) is 14.5. The topological polar surface area (TPSA) is 76.2 Å². The Morgan fingerprint density at radius 2 is 2.43 bits per heavy atom. The smallest absolute Gasteiger partial charge is 0.320 e. The van der Waals surface area contributed by atoms with Crippen LogP contribution in [0.3, 0.4) is 0 Å². The zero-order valence-corrected chi connectivity index (χ0v) is 8.24. The molecule has 1 heterocycles. The normalized spacial score (nSPS) is 12.4. The van der Waals surface area contributed by atoms with Gasteiger partial charge in [-0.25, -0.2) is 0 Å². The lowest BCUT2D eigenvalue weighted by Gasteiger charge is -2.06. The van der Waals surface area contributed by atoms with E-state index in [1.165, 1.54) is 0 Å². The predicted molar refractivity (Wildman–Crippen MR) is 53.2 cm³/mol. The zero-order valence-electron chi connectivity index (χ0n) is 7.48. The Bertz CT molecular complexity index is 330. The van der Waals surface area contributed by atoms with Crippen LogP contribution in [0.15, 0.2) is 18.3 Å². The van der Waals surface area contributed by atoms with Crippen molar-refractivity contribution in [2.75, 3.05) is 0 Å². The van der Waals surface area contributed by atoms with Gasteiger partial charge in [0.1, 0.15) is 6.04 Å². The molecule has 0 saturated carbocycles. The molecule has 1 atom stereocenters. The van der Waals surface area contributed by atoms with E-state index < -0.39 is 12.0 Å². The van der Waals surface area contributed by atoms with Crippen molar-refractivity contribution in [1.82, 2.24) is 4.98 Å². The molecule has 0 radical (unpaired) electrons. The summed E-state index contributed by atoms with van der Waals surface area (Å²) >= 11 is 5.84. The highest BCUT2D eigenvalue weighted by Gasteiger charge is 2.12. The van der Waals surface area contributed by atoms with Crippen LogP contribution in [0.25, 0.3) is 0 Å². The van der Waals surface area contributed by atoms with Crippen molar-refractivity contribution >= 4 is 17.6 Å². The molecule has 0 aliphatic heterocycles. The van der Waals surface area contributed by atoms with Crippen LogP contribution in [-0.4, -0.2) is 22.1 Å². The number of nitrogens with zero attached hydrogens (tertiary/aromatic N) is 1. The molecule has 0 aliphatic rings. The molecular weight excluding hydrogens is 204 g/mol. The number of aromatic nitrogens is 1. The fourth-order valence-electron chi connectivity index (χ4n) is 1.02. The van der Waals surface area contributed by atoms with Crippen molar-refractivity contribution < 1.29 is 9.90 Å². The molecule has 0 saturated heterocycles. The summed E-state index contributed by atoms with van der Waals surface area (Å²) in [6, 6.07) is 2.59. The highest BCUT2D eigenvalue weighted by molar-refractivity contribution is 6.31. The summed E-state index contributed by atoms with van der Waals surface area (Å²) in [5.41, 5.74) is 6.03. The van der Waals surface area contributed by atoms with E-state index >= 15 is 0 Å². The lowest BCUT2D eigenvalue weighted by Crippen LogP contribution is -2.30. The fourth-order valence-corrected chi connectivity index (χ4v) is 1.23. The summed E-state index contributed by atoms with van der Waals surface area (Å²) in [5.74, 6) is -1.00. The van der Waals surface area contributed by atoms with Gasteiger partial charge in [-0.15, -0.1) is 0 Å². The molecule has 0 fully saturated rings. The molecule has 76 valence electrons. The van der Waals surface area contributed by atoms with Gasteiger partial charge in [0.2, 0.25) is 0 Å². The molecule has 0 bridgehead atoms. The lowest BCUT2D eigenvalue weighted by molar-refractivity contribution is -0.138. The van der Waals surface area contributed by atoms with Crippen molar-refractivity contribution in [3.63, 3.8) is 0 Å². The highest BCUT2D eigenvalue weighted by Crippen LogP contribution is 2.14. The van der Waals surface area contributed by atoms with E-state index in [0.29, 0.717) is 23.6 Å². The van der Waals surface area contributed by atoms with Gasteiger partial charge >= 0.3 is 5.97 Å². The van der Waals surface area contributed by atoms with Gasteiger partial charge in [-0.05, 0) is 25.0 Å². The van der Waals surface area contributed by atoms with E-state index in [9.17, 15) is 4.79 Å². The lowest BCUT2D eigenvalue weighted by atomic mass is 10.1. The predicted octanol–water partition coefficient (Wildman–Crippen LogP) is 1.08. The van der Waals surface area contributed by atoms with Crippen LogP contribution < -0.4 is 5.73 Å². The molecule has 3 N–H and O–H groups in total. The van der Waals surface area contributed by atoms with Crippen molar-refractivity contribution in [2.45, 2.75) is 18.9 Å². The van der Waals surface area contributed by atoms with Crippen molar-refractivity contribution in [3.05, 3.63) is 29.0 Å². The number of halogens is 1. The van der Waals surface area contributed by atoms with Crippen LogP contribution in [0.1, 0.15) is 12.1 Å². The third kappa shape index (κ3) is 2.97. The molecule has 1 aromatic heterocycles. The number of hydrogen-bond donors (Lipinski definition) is 2. The van der Waals surface area contributed by atoms with Gasteiger partial charge < -0.3 is 10.8 Å². The van der Waals surface area contributed by atoms with Gasteiger partial charge in [0, 0.05) is 6.20 Å². The number of carboxylic acids is 1. The molecule has 4 nitrogen and oxygen atoms in total. The van der Waals surface area contributed by atoms with Crippen molar-refractivity contribution in [3.8, 4) is 0 Å². The maximum atomic E-state index is 10.4. The second kappa shape index (κ2) is 4.93. The Labute approximate surface area is 86.7 Å². The van der Waals surface area contributed by atoms with Crippen molar-refractivity contribution in [1.29, 1.82) is 0 Å². The van der Waals surface area contributed by atoms with Gasteiger partial charge in [-0.1, -0.05) is 11.6 Å². The van der Waals surface area contributed by atoms with E-state index in [0.717, 1.165) is 0 Å². The first kappa shape index (κ1) is 10.9. The third-order valence-electron chi connectivity index (χ3n) is 1.84. The van der Waals surface area contributed by atoms with Crippen LogP contribution in [0.4, 0.5) is 0 Å². The second-order valence-corrected chi connectivity index (χ2v) is 3.32. The van der Waals surface area contributed by atoms with Gasteiger partial charge in [0.05, 0.1) is 10.7 Å². The number of aliphatic carboxylic acids is 1. The van der Waals surface area contributed by atoms with Crippen molar-refractivity contribution in [2.24, 2.45) is 5.73 Å². The summed E-state index contributed by atoms with van der Waals surface area (Å²) in [5, 5.41) is 9.10.